The molecule has 0 aromatic heterocycles. The molecule has 1 amide bonds. The topological polar surface area (TPSA) is 41.1 Å². The van der Waals surface area contributed by atoms with Crippen molar-refractivity contribution >= 4 is 23.2 Å². The SMILES string of the molecule is O=C(NC(=S)NC1CCCCCC1)c1ccccc1F. The Hall–Kier alpha value is -1.49. The highest BCUT2D eigenvalue weighted by Crippen LogP contribution is 2.17. The first kappa shape index (κ1) is 14.9. The third kappa shape index (κ3) is 4.27. The summed E-state index contributed by atoms with van der Waals surface area (Å²) in [6.45, 7) is 0. The van der Waals surface area contributed by atoms with Gasteiger partial charge in [-0.2, -0.15) is 0 Å². The number of rotatable bonds is 2. The second kappa shape index (κ2) is 7.33. The van der Waals surface area contributed by atoms with Gasteiger partial charge in [-0.25, -0.2) is 4.39 Å². The molecular formula is C15H19FN2OS. The molecule has 3 nitrogen and oxygen atoms in total. The van der Waals surface area contributed by atoms with E-state index in [1.807, 2.05) is 0 Å². The summed E-state index contributed by atoms with van der Waals surface area (Å²) in [6.07, 6.45) is 7.01. The van der Waals surface area contributed by atoms with Crippen LogP contribution in [0.25, 0.3) is 0 Å². The van der Waals surface area contributed by atoms with Crippen LogP contribution in [0.4, 0.5) is 4.39 Å². The van der Waals surface area contributed by atoms with Crippen molar-refractivity contribution < 1.29 is 9.18 Å². The molecule has 1 aliphatic rings. The minimum absolute atomic E-state index is 0.0116. The molecule has 1 fully saturated rings. The summed E-state index contributed by atoms with van der Waals surface area (Å²) in [7, 11) is 0. The van der Waals surface area contributed by atoms with Gasteiger partial charge in [0.1, 0.15) is 5.82 Å². The number of amides is 1. The van der Waals surface area contributed by atoms with Gasteiger partial charge in [-0.15, -0.1) is 0 Å². The minimum atomic E-state index is -0.540. The lowest BCUT2D eigenvalue weighted by atomic mass is 10.1. The van der Waals surface area contributed by atoms with E-state index in [9.17, 15) is 9.18 Å². The van der Waals surface area contributed by atoms with Crippen LogP contribution in [0.2, 0.25) is 0 Å². The Kier molecular flexibility index (Phi) is 5.47. The molecule has 1 aromatic rings. The summed E-state index contributed by atoms with van der Waals surface area (Å²) < 4.78 is 13.5. The predicted molar refractivity (Wildman–Crippen MR) is 81.1 cm³/mol. The first-order chi connectivity index (χ1) is 9.66. The van der Waals surface area contributed by atoms with Crippen molar-refractivity contribution in [2.24, 2.45) is 0 Å². The van der Waals surface area contributed by atoms with Gasteiger partial charge in [0.25, 0.3) is 5.91 Å². The molecule has 1 aliphatic carbocycles. The number of carbonyl (C=O) groups is 1. The maximum atomic E-state index is 13.5. The molecule has 0 saturated heterocycles. The summed E-state index contributed by atoms with van der Waals surface area (Å²) in [4.78, 5) is 11.9. The Balaban J connectivity index is 1.87. The number of halogens is 1. The molecule has 0 atom stereocenters. The van der Waals surface area contributed by atoms with Crippen LogP contribution in [0.5, 0.6) is 0 Å². The lowest BCUT2D eigenvalue weighted by Crippen LogP contribution is -2.44. The average molecular weight is 294 g/mol. The molecule has 0 bridgehead atoms. The molecule has 108 valence electrons. The van der Waals surface area contributed by atoms with Gasteiger partial charge in [0.2, 0.25) is 0 Å². The van der Waals surface area contributed by atoms with Crippen molar-refractivity contribution in [2.45, 2.75) is 44.6 Å². The molecule has 20 heavy (non-hydrogen) atoms. The summed E-state index contributed by atoms with van der Waals surface area (Å²) >= 11 is 5.13. The van der Waals surface area contributed by atoms with Crippen LogP contribution in [-0.4, -0.2) is 17.1 Å². The van der Waals surface area contributed by atoms with Gasteiger partial charge in [-0.1, -0.05) is 37.8 Å². The Bertz CT molecular complexity index is 485. The minimum Gasteiger partial charge on any atom is -0.360 e. The molecule has 0 radical (unpaired) electrons. The molecule has 1 aromatic carbocycles. The fourth-order valence-electron chi connectivity index (χ4n) is 2.46. The van der Waals surface area contributed by atoms with Crippen molar-refractivity contribution in [2.75, 3.05) is 0 Å². The van der Waals surface area contributed by atoms with Crippen molar-refractivity contribution in [3.05, 3.63) is 35.6 Å². The van der Waals surface area contributed by atoms with Crippen LogP contribution in [0, 0.1) is 5.82 Å². The lowest BCUT2D eigenvalue weighted by molar-refractivity contribution is 0.0972. The highest BCUT2D eigenvalue weighted by atomic mass is 32.1. The van der Waals surface area contributed by atoms with Crippen LogP contribution in [0.15, 0.2) is 24.3 Å². The maximum Gasteiger partial charge on any atom is 0.260 e. The zero-order valence-electron chi connectivity index (χ0n) is 11.3. The van der Waals surface area contributed by atoms with E-state index >= 15 is 0 Å². The summed E-state index contributed by atoms with van der Waals surface area (Å²) in [6, 6.07) is 6.19. The molecular weight excluding hydrogens is 275 g/mol. The van der Waals surface area contributed by atoms with Gasteiger partial charge in [0, 0.05) is 6.04 Å². The van der Waals surface area contributed by atoms with E-state index in [0.29, 0.717) is 6.04 Å². The van der Waals surface area contributed by atoms with Crippen molar-refractivity contribution in [1.29, 1.82) is 0 Å². The highest BCUT2D eigenvalue weighted by Gasteiger charge is 2.16. The lowest BCUT2D eigenvalue weighted by Gasteiger charge is -2.18. The van der Waals surface area contributed by atoms with Crippen LogP contribution in [-0.2, 0) is 0 Å². The number of nitrogens with one attached hydrogen (secondary N) is 2. The van der Waals surface area contributed by atoms with E-state index in [4.69, 9.17) is 12.2 Å². The standard InChI is InChI=1S/C15H19FN2OS/c16-13-10-6-5-9-12(13)14(19)18-15(20)17-11-7-3-1-2-4-8-11/h5-6,9-11H,1-4,7-8H2,(H2,17,18,19,20). The second-order valence-corrected chi connectivity index (χ2v) is 5.50. The predicted octanol–water partition coefficient (Wildman–Crippen LogP) is 3.15. The van der Waals surface area contributed by atoms with Crippen molar-refractivity contribution in [1.82, 2.24) is 10.6 Å². The molecule has 1 saturated carbocycles. The molecule has 2 rings (SSSR count). The summed E-state index contributed by atoms with van der Waals surface area (Å²) in [5.74, 6) is -1.04. The number of thiocarbonyl (C=S) groups is 1. The Morgan fingerprint density at radius 2 is 1.80 bits per heavy atom. The highest BCUT2D eigenvalue weighted by molar-refractivity contribution is 7.80. The quantitative estimate of drug-likeness (QED) is 0.650. The van der Waals surface area contributed by atoms with Gasteiger partial charge in [0.05, 0.1) is 5.56 Å². The van der Waals surface area contributed by atoms with E-state index < -0.39 is 11.7 Å². The second-order valence-electron chi connectivity index (χ2n) is 5.10. The van der Waals surface area contributed by atoms with Gasteiger partial charge in [-0.3, -0.25) is 10.1 Å². The van der Waals surface area contributed by atoms with Crippen molar-refractivity contribution in [3.63, 3.8) is 0 Å². The first-order valence-corrected chi connectivity index (χ1v) is 7.44. The Labute approximate surface area is 123 Å². The summed E-state index contributed by atoms with van der Waals surface area (Å²) in [5, 5.41) is 5.98. The van der Waals surface area contributed by atoms with Gasteiger partial charge in [-0.05, 0) is 37.2 Å². The molecule has 0 heterocycles. The number of hydrogen-bond donors (Lipinski definition) is 2. The molecule has 0 unspecified atom stereocenters. The van der Waals surface area contributed by atoms with Crippen molar-refractivity contribution in [3.8, 4) is 0 Å². The van der Waals surface area contributed by atoms with Crippen LogP contribution < -0.4 is 10.6 Å². The monoisotopic (exact) mass is 294 g/mol. The van der Waals surface area contributed by atoms with Gasteiger partial charge >= 0.3 is 0 Å². The molecule has 5 heteroatoms. The van der Waals surface area contributed by atoms with E-state index in [-0.39, 0.29) is 10.7 Å². The smallest absolute Gasteiger partial charge is 0.260 e. The molecule has 0 spiro atoms. The number of hydrogen-bond acceptors (Lipinski definition) is 2. The first-order valence-electron chi connectivity index (χ1n) is 7.03. The largest absolute Gasteiger partial charge is 0.360 e. The fraction of sp³-hybridized carbons (Fsp3) is 0.467. The van der Waals surface area contributed by atoms with Gasteiger partial charge in [0.15, 0.2) is 5.11 Å². The van der Waals surface area contributed by atoms with Gasteiger partial charge < -0.3 is 5.32 Å². The fourth-order valence-corrected chi connectivity index (χ4v) is 2.72. The maximum absolute atomic E-state index is 13.5. The van der Waals surface area contributed by atoms with E-state index in [2.05, 4.69) is 10.6 Å². The Morgan fingerprint density at radius 3 is 2.45 bits per heavy atom. The third-order valence-electron chi connectivity index (χ3n) is 3.54. The Morgan fingerprint density at radius 1 is 1.15 bits per heavy atom. The molecule has 2 N–H and O–H groups in total. The number of carbonyl (C=O) groups excluding carboxylic acids is 1. The zero-order valence-corrected chi connectivity index (χ0v) is 12.1. The zero-order chi connectivity index (χ0) is 14.4. The van der Waals surface area contributed by atoms with Crippen LogP contribution >= 0.6 is 12.2 Å². The van der Waals surface area contributed by atoms with Crippen LogP contribution in [0.1, 0.15) is 48.9 Å². The van der Waals surface area contributed by atoms with E-state index in [1.54, 1.807) is 12.1 Å². The van der Waals surface area contributed by atoms with Crippen LogP contribution in [0.3, 0.4) is 0 Å². The van der Waals surface area contributed by atoms with E-state index in [1.165, 1.54) is 37.8 Å². The normalized spacial score (nSPS) is 16.2. The number of benzene rings is 1. The average Bonchev–Trinajstić information content (AvgIpc) is 2.67. The summed E-state index contributed by atoms with van der Waals surface area (Å²) in [5.41, 5.74) is 0.0116. The van der Waals surface area contributed by atoms with E-state index in [0.717, 1.165) is 12.8 Å². The third-order valence-corrected chi connectivity index (χ3v) is 3.76. The molecule has 0 aliphatic heterocycles.